The van der Waals surface area contributed by atoms with E-state index in [0.29, 0.717) is 11.6 Å². The first-order chi connectivity index (χ1) is 12.0. The van der Waals surface area contributed by atoms with Crippen LogP contribution in [0.25, 0.3) is 0 Å². The Balaban J connectivity index is 1.52. The lowest BCUT2D eigenvalue weighted by atomic mass is 10.1. The summed E-state index contributed by atoms with van der Waals surface area (Å²) in [6, 6.07) is 1.71. The van der Waals surface area contributed by atoms with Crippen molar-refractivity contribution >= 4 is 11.8 Å². The molecule has 9 heteroatoms. The largest absolute Gasteiger partial charge is 0.389 e. The van der Waals surface area contributed by atoms with E-state index in [-0.39, 0.29) is 12.5 Å². The number of aryl methyl sites for hydroxylation is 1. The van der Waals surface area contributed by atoms with Crippen LogP contribution in [0, 0.1) is 0 Å². The number of piperidine rings is 1. The van der Waals surface area contributed by atoms with Gasteiger partial charge in [0.25, 0.3) is 0 Å². The fourth-order valence-corrected chi connectivity index (χ4v) is 2.76. The van der Waals surface area contributed by atoms with Gasteiger partial charge in [-0.05, 0) is 25.3 Å². The highest BCUT2D eigenvalue weighted by Gasteiger charge is 2.27. The Kier molecular flexibility index (Phi) is 5.30. The van der Waals surface area contributed by atoms with Crippen molar-refractivity contribution in [1.29, 1.82) is 0 Å². The van der Waals surface area contributed by atoms with Gasteiger partial charge < -0.3 is 10.2 Å². The van der Waals surface area contributed by atoms with Crippen molar-refractivity contribution in [2.75, 3.05) is 23.3 Å². The van der Waals surface area contributed by atoms with E-state index in [1.807, 2.05) is 0 Å². The first-order valence-corrected chi connectivity index (χ1v) is 8.16. The molecule has 134 valence electrons. The third-order valence-corrected chi connectivity index (χ3v) is 4.08. The van der Waals surface area contributed by atoms with Crippen molar-refractivity contribution in [2.45, 2.75) is 37.9 Å². The fraction of sp³-hybridized carbons (Fsp3) is 0.500. The smallest absolute Gasteiger partial charge is 0.355 e. The molecule has 25 heavy (non-hydrogen) atoms. The molecular formula is C16H19F3N6. The lowest BCUT2D eigenvalue weighted by molar-refractivity contribution is -0.134. The van der Waals surface area contributed by atoms with Gasteiger partial charge in [-0.3, -0.25) is 4.98 Å². The van der Waals surface area contributed by atoms with Crippen molar-refractivity contribution in [3.63, 3.8) is 0 Å². The maximum Gasteiger partial charge on any atom is 0.389 e. The van der Waals surface area contributed by atoms with Crippen LogP contribution in [-0.2, 0) is 6.42 Å². The van der Waals surface area contributed by atoms with Crippen molar-refractivity contribution in [2.24, 2.45) is 0 Å². The second-order valence-corrected chi connectivity index (χ2v) is 5.96. The van der Waals surface area contributed by atoms with Crippen LogP contribution in [0.4, 0.5) is 24.9 Å². The summed E-state index contributed by atoms with van der Waals surface area (Å²) in [4.78, 5) is 18.8. The summed E-state index contributed by atoms with van der Waals surface area (Å²) in [6.45, 7) is 1.65. The van der Waals surface area contributed by atoms with Crippen LogP contribution >= 0.6 is 0 Å². The summed E-state index contributed by atoms with van der Waals surface area (Å²) in [6.07, 6.45) is 3.09. The first-order valence-electron chi connectivity index (χ1n) is 8.16. The van der Waals surface area contributed by atoms with E-state index in [0.717, 1.165) is 31.7 Å². The number of nitrogens with zero attached hydrogens (tertiary/aromatic N) is 5. The normalized spacial score (nSPS) is 16.0. The minimum absolute atomic E-state index is 0.133. The lowest BCUT2D eigenvalue weighted by Gasteiger charge is -2.32. The van der Waals surface area contributed by atoms with Crippen LogP contribution < -0.4 is 10.2 Å². The van der Waals surface area contributed by atoms with Gasteiger partial charge in [0.2, 0.25) is 5.95 Å². The Bertz CT molecular complexity index is 671. The Morgan fingerprint density at radius 1 is 1.12 bits per heavy atom. The molecule has 1 aliphatic heterocycles. The topological polar surface area (TPSA) is 66.8 Å². The number of aromatic nitrogens is 4. The predicted octanol–water partition coefficient (Wildman–Crippen LogP) is 2.84. The zero-order valence-electron chi connectivity index (χ0n) is 13.6. The number of hydrogen-bond acceptors (Lipinski definition) is 6. The van der Waals surface area contributed by atoms with Crippen LogP contribution in [0.2, 0.25) is 0 Å². The van der Waals surface area contributed by atoms with E-state index in [2.05, 4.69) is 30.2 Å². The van der Waals surface area contributed by atoms with E-state index < -0.39 is 12.6 Å². The molecule has 0 saturated carbocycles. The average Bonchev–Trinajstić information content (AvgIpc) is 2.61. The number of anilines is 2. The predicted molar refractivity (Wildman–Crippen MR) is 87.3 cm³/mol. The Morgan fingerprint density at radius 3 is 2.60 bits per heavy atom. The molecule has 0 spiro atoms. The summed E-state index contributed by atoms with van der Waals surface area (Å²) < 4.78 is 37.0. The van der Waals surface area contributed by atoms with E-state index in [9.17, 15) is 13.2 Å². The highest BCUT2D eigenvalue weighted by atomic mass is 19.4. The molecule has 0 aromatic carbocycles. The van der Waals surface area contributed by atoms with E-state index >= 15 is 0 Å². The SMILES string of the molecule is FC(F)(F)CCc1ccnc(NC2CCN(c3cnccn3)CC2)n1. The van der Waals surface area contributed by atoms with Gasteiger partial charge >= 0.3 is 6.18 Å². The fourth-order valence-electron chi connectivity index (χ4n) is 2.76. The molecule has 1 N–H and O–H groups in total. The van der Waals surface area contributed by atoms with Gasteiger partial charge in [-0.1, -0.05) is 0 Å². The second kappa shape index (κ2) is 7.62. The Hall–Kier alpha value is -2.45. The number of halogens is 3. The molecule has 2 aromatic heterocycles. The van der Waals surface area contributed by atoms with Crippen LogP contribution in [0.1, 0.15) is 25.0 Å². The summed E-state index contributed by atoms with van der Waals surface area (Å²) in [5.41, 5.74) is 0.395. The maximum absolute atomic E-state index is 12.3. The van der Waals surface area contributed by atoms with Gasteiger partial charge in [0, 0.05) is 49.8 Å². The minimum atomic E-state index is -4.17. The molecule has 0 atom stereocenters. The van der Waals surface area contributed by atoms with Crippen LogP contribution in [0.3, 0.4) is 0 Å². The zero-order valence-corrected chi connectivity index (χ0v) is 13.6. The summed E-state index contributed by atoms with van der Waals surface area (Å²) in [5.74, 6) is 1.24. The molecule has 0 bridgehead atoms. The summed E-state index contributed by atoms with van der Waals surface area (Å²) >= 11 is 0. The first kappa shape index (κ1) is 17.4. The molecule has 3 heterocycles. The Labute approximate surface area is 143 Å². The van der Waals surface area contributed by atoms with Crippen molar-refractivity contribution < 1.29 is 13.2 Å². The molecule has 1 fully saturated rings. The van der Waals surface area contributed by atoms with E-state index in [4.69, 9.17) is 0 Å². The number of nitrogens with one attached hydrogen (secondary N) is 1. The molecule has 1 aliphatic rings. The minimum Gasteiger partial charge on any atom is -0.355 e. The van der Waals surface area contributed by atoms with Gasteiger partial charge in [0.1, 0.15) is 5.82 Å². The Morgan fingerprint density at radius 2 is 1.92 bits per heavy atom. The van der Waals surface area contributed by atoms with E-state index in [1.165, 1.54) is 12.3 Å². The molecule has 3 rings (SSSR count). The molecule has 0 amide bonds. The third kappa shape index (κ3) is 5.27. The summed E-state index contributed by atoms with van der Waals surface area (Å²) in [5, 5.41) is 3.22. The van der Waals surface area contributed by atoms with Crippen molar-refractivity contribution in [1.82, 2.24) is 19.9 Å². The molecule has 0 radical (unpaired) electrons. The average molecular weight is 352 g/mol. The lowest BCUT2D eigenvalue weighted by Crippen LogP contribution is -2.39. The van der Waals surface area contributed by atoms with Gasteiger partial charge in [-0.25, -0.2) is 15.0 Å². The monoisotopic (exact) mass is 352 g/mol. The standard InChI is InChI=1S/C16H19F3N6/c17-16(18,19)5-1-12-2-6-22-15(23-12)24-13-3-9-25(10-4-13)14-11-20-7-8-21-14/h2,6-8,11,13H,1,3-5,9-10H2,(H,22,23,24). The van der Waals surface area contributed by atoms with Gasteiger partial charge in [0.15, 0.2) is 0 Å². The molecule has 0 unspecified atom stereocenters. The zero-order chi connectivity index (χ0) is 17.7. The highest BCUT2D eigenvalue weighted by Crippen LogP contribution is 2.22. The van der Waals surface area contributed by atoms with Crippen LogP contribution in [0.15, 0.2) is 30.9 Å². The number of hydrogen-bond donors (Lipinski definition) is 1. The van der Waals surface area contributed by atoms with Crippen molar-refractivity contribution in [3.05, 3.63) is 36.5 Å². The number of alkyl halides is 3. The van der Waals surface area contributed by atoms with E-state index in [1.54, 1.807) is 18.6 Å². The molecule has 1 saturated heterocycles. The van der Waals surface area contributed by atoms with Gasteiger partial charge in [0.05, 0.1) is 6.20 Å². The highest BCUT2D eigenvalue weighted by molar-refractivity contribution is 5.36. The van der Waals surface area contributed by atoms with Gasteiger partial charge in [-0.2, -0.15) is 13.2 Å². The molecule has 0 aliphatic carbocycles. The van der Waals surface area contributed by atoms with Gasteiger partial charge in [-0.15, -0.1) is 0 Å². The second-order valence-electron chi connectivity index (χ2n) is 5.96. The molecule has 6 nitrogen and oxygen atoms in total. The quantitative estimate of drug-likeness (QED) is 0.893. The van der Waals surface area contributed by atoms with Crippen LogP contribution in [0.5, 0.6) is 0 Å². The number of rotatable bonds is 5. The molecule has 2 aromatic rings. The summed E-state index contributed by atoms with van der Waals surface area (Å²) in [7, 11) is 0. The third-order valence-electron chi connectivity index (χ3n) is 4.08. The van der Waals surface area contributed by atoms with Crippen molar-refractivity contribution in [3.8, 4) is 0 Å². The molecular weight excluding hydrogens is 333 g/mol. The maximum atomic E-state index is 12.3. The van der Waals surface area contributed by atoms with Crippen LogP contribution in [-0.4, -0.2) is 45.2 Å².